The van der Waals surface area contributed by atoms with Crippen molar-refractivity contribution in [3.05, 3.63) is 157 Å². The summed E-state index contributed by atoms with van der Waals surface area (Å²) in [7, 11) is 4.39. The summed E-state index contributed by atoms with van der Waals surface area (Å²) in [5.41, 5.74) is 0.757. The largest absolute Gasteiger partial charge is 0.530 e. The van der Waals surface area contributed by atoms with Crippen LogP contribution in [0.15, 0.2) is 155 Å². The van der Waals surface area contributed by atoms with Gasteiger partial charge in [-0.15, -0.1) is 0 Å². The molecule has 0 radical (unpaired) electrons. The van der Waals surface area contributed by atoms with E-state index in [4.69, 9.17) is 55.6 Å². The van der Waals surface area contributed by atoms with Crippen molar-refractivity contribution in [3.8, 4) is 69.0 Å². The fraction of sp³-hybridized carbons (Fsp3) is 0.115. The number of fused-ring (bicyclic) bond motifs is 2. The third-order valence-electron chi connectivity index (χ3n) is 10.3. The molecule has 14 nitrogen and oxygen atoms in total. The van der Waals surface area contributed by atoms with E-state index in [1.54, 1.807) is 87.0 Å². The highest BCUT2D eigenvalue weighted by atomic mass is 32.2. The van der Waals surface area contributed by atoms with Crippen molar-refractivity contribution in [1.29, 1.82) is 0 Å². The van der Waals surface area contributed by atoms with Crippen molar-refractivity contribution in [2.45, 2.75) is 9.79 Å². The Morgan fingerprint density at radius 1 is 0.348 bits per heavy atom. The van der Waals surface area contributed by atoms with Gasteiger partial charge in [-0.05, 0) is 94.3 Å². The molecule has 0 bridgehead atoms. The van der Waals surface area contributed by atoms with Gasteiger partial charge < -0.3 is 55.6 Å². The number of methoxy groups -OCH3 is 6. The van der Waals surface area contributed by atoms with Crippen molar-refractivity contribution >= 4 is 63.1 Å². The van der Waals surface area contributed by atoms with Crippen molar-refractivity contribution in [3.63, 3.8) is 0 Å². The lowest BCUT2D eigenvalue weighted by atomic mass is 10.1. The summed E-state index contributed by atoms with van der Waals surface area (Å²) in [4.78, 5) is 24.8. The van der Waals surface area contributed by atoms with Crippen LogP contribution in [0.25, 0.3) is 21.5 Å². The summed E-state index contributed by atoms with van der Waals surface area (Å²) in [6.45, 7) is 0. The smallest absolute Gasteiger partial charge is 0.497 e. The SMILES string of the molecule is COc1ccc(OP(Oc2ccc(OC)cc2OC)Oc2ccc3ccccc3c2Sc2c(OP(Oc3ccc(C=O)cc3OC)Oc3ccc(C=O)cc3OC)ccc3ccccc23)c(OC)c1. The first-order valence-corrected chi connectivity index (χ1v) is 23.9. The molecule has 8 aromatic rings. The molecule has 0 saturated heterocycles. The van der Waals surface area contributed by atoms with Crippen molar-refractivity contribution < 1.29 is 65.2 Å². The van der Waals surface area contributed by atoms with Gasteiger partial charge in [0.05, 0.1) is 52.4 Å². The summed E-state index contributed by atoms with van der Waals surface area (Å²) in [5.74, 6) is 4.40. The van der Waals surface area contributed by atoms with Crippen LogP contribution in [0.2, 0.25) is 0 Å². The van der Waals surface area contributed by atoms with Crippen LogP contribution in [-0.2, 0) is 0 Å². The molecule has 8 aromatic carbocycles. The highest BCUT2D eigenvalue weighted by Crippen LogP contribution is 2.55. The minimum atomic E-state index is -2.40. The number of benzene rings is 8. The monoisotopic (exact) mass is 986 g/mol. The Morgan fingerprint density at radius 3 is 1.04 bits per heavy atom. The van der Waals surface area contributed by atoms with Gasteiger partial charge >= 0.3 is 17.2 Å². The summed E-state index contributed by atoms with van der Waals surface area (Å²) >= 11 is 1.40. The van der Waals surface area contributed by atoms with Crippen LogP contribution in [0.3, 0.4) is 0 Å². The van der Waals surface area contributed by atoms with Gasteiger partial charge in [-0.25, -0.2) is 0 Å². The first-order chi connectivity index (χ1) is 33.8. The minimum Gasteiger partial charge on any atom is -0.497 e. The van der Waals surface area contributed by atoms with Crippen LogP contribution in [0.5, 0.6) is 69.0 Å². The standard InChI is InChI=1S/C52H44O14P2S/c1-55-37-19-25-43(49(29-37)59-5)63-68(64-44-26-20-38(56-2)30-50(44)60-6)66-46-24-18-36-12-8-10-14-40(36)52(46)69-51-39-13-9-7-11-35(39)17-23-45(51)65-67(61-41-21-15-33(31-53)27-47(41)57-3)62-42-22-16-34(32-54)28-48(42)58-4/h7-32H,1-6H3. The molecule has 0 aromatic heterocycles. The van der Waals surface area contributed by atoms with Crippen molar-refractivity contribution in [2.24, 2.45) is 0 Å². The second-order valence-corrected chi connectivity index (χ2v) is 17.4. The average Bonchev–Trinajstić information content (AvgIpc) is 3.39. The lowest BCUT2D eigenvalue weighted by molar-refractivity contribution is 0.111. The molecule has 17 heteroatoms. The van der Waals surface area contributed by atoms with Crippen LogP contribution in [0.4, 0.5) is 0 Å². The molecule has 0 fully saturated rings. The normalized spacial score (nSPS) is 10.9. The zero-order valence-electron chi connectivity index (χ0n) is 38.0. The van der Waals surface area contributed by atoms with Gasteiger partial charge in [0.25, 0.3) is 0 Å². The quantitative estimate of drug-likeness (QED) is 0.0468. The number of carbonyl (C=O) groups excluding carboxylic acids is 2. The van der Waals surface area contributed by atoms with Gasteiger partial charge in [-0.2, -0.15) is 0 Å². The first kappa shape index (κ1) is 47.9. The molecule has 0 spiro atoms. The lowest BCUT2D eigenvalue weighted by Gasteiger charge is -2.23. The average molecular weight is 987 g/mol. The number of ether oxygens (including phenoxy) is 6. The van der Waals surface area contributed by atoms with Crippen LogP contribution in [0, 0.1) is 0 Å². The van der Waals surface area contributed by atoms with E-state index in [1.165, 1.54) is 40.2 Å². The van der Waals surface area contributed by atoms with E-state index in [2.05, 4.69) is 0 Å². The Labute approximate surface area is 404 Å². The minimum absolute atomic E-state index is 0.243. The second kappa shape index (κ2) is 22.5. The Kier molecular flexibility index (Phi) is 15.6. The predicted octanol–water partition coefficient (Wildman–Crippen LogP) is 13.3. The molecule has 0 unspecified atom stereocenters. The summed E-state index contributed by atoms with van der Waals surface area (Å²) in [6, 6.07) is 43.2. The van der Waals surface area contributed by atoms with Gasteiger partial charge in [0.15, 0.2) is 46.0 Å². The van der Waals surface area contributed by atoms with E-state index in [1.807, 2.05) is 72.8 Å². The fourth-order valence-electron chi connectivity index (χ4n) is 6.86. The molecule has 69 heavy (non-hydrogen) atoms. The van der Waals surface area contributed by atoms with Crippen LogP contribution in [-0.4, -0.2) is 55.2 Å². The Bertz CT molecular complexity index is 3000. The van der Waals surface area contributed by atoms with Gasteiger partial charge in [0.1, 0.15) is 35.6 Å². The number of rotatable bonds is 22. The van der Waals surface area contributed by atoms with E-state index >= 15 is 0 Å². The van der Waals surface area contributed by atoms with Crippen molar-refractivity contribution in [1.82, 2.24) is 0 Å². The van der Waals surface area contributed by atoms with Gasteiger partial charge in [-0.3, -0.25) is 9.59 Å². The third-order valence-corrected chi connectivity index (χ3v) is 13.6. The highest BCUT2D eigenvalue weighted by Gasteiger charge is 2.30. The molecule has 0 saturated carbocycles. The highest BCUT2D eigenvalue weighted by molar-refractivity contribution is 8.00. The van der Waals surface area contributed by atoms with Gasteiger partial charge in [0.2, 0.25) is 0 Å². The maximum atomic E-state index is 11.7. The first-order valence-electron chi connectivity index (χ1n) is 20.9. The third kappa shape index (κ3) is 11.1. The zero-order valence-corrected chi connectivity index (χ0v) is 40.6. The van der Waals surface area contributed by atoms with Crippen molar-refractivity contribution in [2.75, 3.05) is 42.7 Å². The zero-order chi connectivity index (χ0) is 48.3. The van der Waals surface area contributed by atoms with E-state index in [0.29, 0.717) is 79.5 Å². The molecule has 0 heterocycles. The summed E-state index contributed by atoms with van der Waals surface area (Å²) in [6.07, 6.45) is 1.41. The number of hydrogen-bond acceptors (Lipinski definition) is 15. The maximum absolute atomic E-state index is 11.7. The van der Waals surface area contributed by atoms with Gasteiger partial charge in [0, 0.05) is 23.3 Å². The molecule has 0 atom stereocenters. The second-order valence-electron chi connectivity index (χ2n) is 14.4. The molecule has 0 amide bonds. The summed E-state index contributed by atoms with van der Waals surface area (Å²) < 4.78 is 73.4. The molecular weight excluding hydrogens is 943 g/mol. The fourth-order valence-corrected chi connectivity index (χ4v) is 10.3. The molecule has 352 valence electrons. The van der Waals surface area contributed by atoms with E-state index < -0.39 is 17.2 Å². The van der Waals surface area contributed by atoms with Gasteiger partial charge in [-0.1, -0.05) is 72.4 Å². The Morgan fingerprint density at radius 2 is 0.681 bits per heavy atom. The van der Waals surface area contributed by atoms with E-state index in [-0.39, 0.29) is 23.0 Å². The molecule has 0 aliphatic carbocycles. The molecule has 0 aliphatic rings. The maximum Gasteiger partial charge on any atom is 0.530 e. The van der Waals surface area contributed by atoms with Crippen LogP contribution in [0.1, 0.15) is 20.7 Å². The van der Waals surface area contributed by atoms with Crippen LogP contribution < -0.4 is 55.6 Å². The molecule has 0 N–H and O–H groups in total. The van der Waals surface area contributed by atoms with E-state index in [0.717, 1.165) is 21.5 Å². The molecule has 8 rings (SSSR count). The number of carbonyl (C=O) groups is 2. The molecular formula is C52H44O14P2S. The van der Waals surface area contributed by atoms with Crippen LogP contribution >= 0.6 is 29.0 Å². The number of hydrogen-bond donors (Lipinski definition) is 0. The Hall–Kier alpha value is -7.57. The number of aldehydes is 2. The van der Waals surface area contributed by atoms with E-state index in [9.17, 15) is 9.59 Å². The topological polar surface area (TPSA) is 145 Å². The lowest BCUT2D eigenvalue weighted by Crippen LogP contribution is -2.06. The Balaban J connectivity index is 1.24. The molecule has 0 aliphatic heterocycles. The predicted molar refractivity (Wildman–Crippen MR) is 265 cm³/mol. The summed E-state index contributed by atoms with van der Waals surface area (Å²) in [5, 5.41) is 3.55.